The molecule has 0 saturated carbocycles. The van der Waals surface area contributed by atoms with E-state index in [0.717, 1.165) is 11.5 Å². The summed E-state index contributed by atoms with van der Waals surface area (Å²) >= 11 is 3.51. The molecule has 0 radical (unpaired) electrons. The summed E-state index contributed by atoms with van der Waals surface area (Å²) in [5, 5.41) is 8.69. The van der Waals surface area contributed by atoms with Crippen molar-refractivity contribution in [2.45, 2.75) is 16.9 Å². The zero-order chi connectivity index (χ0) is 12.3. The minimum Gasteiger partial charge on any atom is -0.480 e. The van der Waals surface area contributed by atoms with Crippen LogP contribution < -0.4 is 5.73 Å². The number of rotatable bonds is 5. The number of aliphatic carboxylic acids is 1. The first-order valence-electron chi connectivity index (χ1n) is 5.46. The predicted octanol–water partition coefficient (Wildman–Crippen LogP) is 2.02. The number of thioether (sulfide) groups is 2. The Hall–Kier alpha value is -0.650. The number of benzene rings is 1. The molecule has 2 rings (SSSR count). The molecule has 1 aromatic rings. The van der Waals surface area contributed by atoms with Gasteiger partial charge in [0.2, 0.25) is 0 Å². The van der Waals surface area contributed by atoms with Crippen LogP contribution in [0.2, 0.25) is 0 Å². The summed E-state index contributed by atoms with van der Waals surface area (Å²) < 4.78 is 0. The highest BCUT2D eigenvalue weighted by Gasteiger charge is 2.23. The highest BCUT2D eigenvalue weighted by atomic mass is 32.2. The normalized spacial score (nSPS) is 19.9. The number of carboxylic acids is 1. The Balaban J connectivity index is 1.84. The number of carbonyl (C=O) groups is 1. The molecule has 1 heterocycles. The lowest BCUT2D eigenvalue weighted by Crippen LogP contribution is -2.32. The summed E-state index contributed by atoms with van der Waals surface area (Å²) in [6, 6.07) is 7.68. The van der Waals surface area contributed by atoms with E-state index in [-0.39, 0.29) is 0 Å². The molecule has 0 aliphatic carbocycles. The second kappa shape index (κ2) is 5.80. The SMILES string of the molecule is N[C@@H](CSCC1CSc2ccccc21)C(=O)O. The molecular formula is C12H15NO2S2. The Morgan fingerprint density at radius 1 is 1.59 bits per heavy atom. The van der Waals surface area contributed by atoms with Crippen LogP contribution in [0, 0.1) is 0 Å². The van der Waals surface area contributed by atoms with Gasteiger partial charge in [-0.05, 0) is 11.6 Å². The maximum absolute atomic E-state index is 10.6. The summed E-state index contributed by atoms with van der Waals surface area (Å²) in [6.07, 6.45) is 0. The Morgan fingerprint density at radius 3 is 3.12 bits per heavy atom. The number of fused-ring (bicyclic) bond motifs is 1. The van der Waals surface area contributed by atoms with Crippen molar-refractivity contribution in [1.82, 2.24) is 0 Å². The third-order valence-corrected chi connectivity index (χ3v) is 5.22. The van der Waals surface area contributed by atoms with E-state index in [1.165, 1.54) is 10.5 Å². The van der Waals surface area contributed by atoms with E-state index in [0.29, 0.717) is 11.7 Å². The quantitative estimate of drug-likeness (QED) is 0.856. The third kappa shape index (κ3) is 3.18. The highest BCUT2D eigenvalue weighted by molar-refractivity contribution is 8.00. The summed E-state index contributed by atoms with van der Waals surface area (Å²) in [4.78, 5) is 11.9. The van der Waals surface area contributed by atoms with Crippen molar-refractivity contribution in [2.75, 3.05) is 17.3 Å². The Bertz CT molecular complexity index is 411. The van der Waals surface area contributed by atoms with Crippen LogP contribution in [0.25, 0.3) is 0 Å². The van der Waals surface area contributed by atoms with Gasteiger partial charge < -0.3 is 10.8 Å². The van der Waals surface area contributed by atoms with Gasteiger partial charge in [-0.2, -0.15) is 11.8 Å². The lowest BCUT2D eigenvalue weighted by molar-refractivity contribution is -0.137. The molecule has 1 aliphatic rings. The van der Waals surface area contributed by atoms with Crippen LogP contribution in [0.15, 0.2) is 29.2 Å². The number of nitrogens with two attached hydrogens (primary N) is 1. The number of carboxylic acid groups (broad SMARTS) is 1. The molecule has 2 atom stereocenters. The average molecular weight is 269 g/mol. The van der Waals surface area contributed by atoms with E-state index in [1.54, 1.807) is 11.8 Å². The van der Waals surface area contributed by atoms with Crippen molar-refractivity contribution in [3.63, 3.8) is 0 Å². The lowest BCUT2D eigenvalue weighted by Gasteiger charge is -2.11. The van der Waals surface area contributed by atoms with Gasteiger partial charge in [0.05, 0.1) is 0 Å². The van der Waals surface area contributed by atoms with E-state index in [1.807, 2.05) is 11.8 Å². The molecule has 0 amide bonds. The van der Waals surface area contributed by atoms with Gasteiger partial charge in [0.1, 0.15) is 6.04 Å². The maximum atomic E-state index is 10.6. The minimum absolute atomic E-state index is 0.485. The van der Waals surface area contributed by atoms with Gasteiger partial charge in [-0.25, -0.2) is 0 Å². The minimum atomic E-state index is -0.918. The monoisotopic (exact) mass is 269 g/mol. The zero-order valence-electron chi connectivity index (χ0n) is 9.33. The van der Waals surface area contributed by atoms with Crippen molar-refractivity contribution < 1.29 is 9.90 Å². The van der Waals surface area contributed by atoms with Gasteiger partial charge in [-0.15, -0.1) is 11.8 Å². The van der Waals surface area contributed by atoms with Crippen LogP contribution >= 0.6 is 23.5 Å². The van der Waals surface area contributed by atoms with Gasteiger partial charge in [0.25, 0.3) is 0 Å². The van der Waals surface area contributed by atoms with E-state index in [2.05, 4.69) is 24.3 Å². The van der Waals surface area contributed by atoms with Crippen molar-refractivity contribution >= 4 is 29.5 Å². The van der Waals surface area contributed by atoms with Gasteiger partial charge in [-0.1, -0.05) is 18.2 Å². The predicted molar refractivity (Wildman–Crippen MR) is 72.8 cm³/mol. The van der Waals surface area contributed by atoms with Gasteiger partial charge >= 0.3 is 5.97 Å². The van der Waals surface area contributed by atoms with Crippen LogP contribution in [0.4, 0.5) is 0 Å². The first-order chi connectivity index (χ1) is 8.18. The summed E-state index contributed by atoms with van der Waals surface area (Å²) in [5.74, 6) is 2.14. The molecule has 92 valence electrons. The Kier molecular flexibility index (Phi) is 4.36. The molecule has 3 nitrogen and oxygen atoms in total. The van der Waals surface area contributed by atoms with Crippen molar-refractivity contribution in [3.05, 3.63) is 29.8 Å². The van der Waals surface area contributed by atoms with Crippen LogP contribution in [-0.2, 0) is 4.79 Å². The summed E-state index contributed by atoms with van der Waals surface area (Å²) in [6.45, 7) is 0. The van der Waals surface area contributed by atoms with Crippen LogP contribution in [0.3, 0.4) is 0 Å². The molecule has 3 N–H and O–H groups in total. The summed E-state index contributed by atoms with van der Waals surface area (Å²) in [5.41, 5.74) is 6.87. The smallest absolute Gasteiger partial charge is 0.321 e. The number of hydrogen-bond donors (Lipinski definition) is 2. The molecule has 0 fully saturated rings. The molecule has 1 aliphatic heterocycles. The fourth-order valence-corrected chi connectivity index (χ4v) is 4.29. The highest BCUT2D eigenvalue weighted by Crippen LogP contribution is 2.40. The van der Waals surface area contributed by atoms with Gasteiger partial charge in [-0.3, -0.25) is 4.79 Å². The topological polar surface area (TPSA) is 63.3 Å². The van der Waals surface area contributed by atoms with Gasteiger partial charge in [0, 0.05) is 28.1 Å². The number of hydrogen-bond acceptors (Lipinski definition) is 4. The molecule has 1 unspecified atom stereocenters. The first kappa shape index (κ1) is 12.8. The van der Waals surface area contributed by atoms with E-state index < -0.39 is 12.0 Å². The van der Waals surface area contributed by atoms with Crippen LogP contribution in [0.1, 0.15) is 11.5 Å². The second-order valence-corrected chi connectivity index (χ2v) is 6.16. The molecule has 0 spiro atoms. The molecule has 1 aromatic carbocycles. The molecule has 0 bridgehead atoms. The largest absolute Gasteiger partial charge is 0.480 e. The molecule has 0 saturated heterocycles. The van der Waals surface area contributed by atoms with E-state index >= 15 is 0 Å². The van der Waals surface area contributed by atoms with Gasteiger partial charge in [0.15, 0.2) is 0 Å². The van der Waals surface area contributed by atoms with E-state index in [9.17, 15) is 4.79 Å². The lowest BCUT2D eigenvalue weighted by atomic mass is 10.0. The van der Waals surface area contributed by atoms with Crippen LogP contribution in [0.5, 0.6) is 0 Å². The van der Waals surface area contributed by atoms with Crippen molar-refractivity contribution in [2.24, 2.45) is 5.73 Å². The molecular weight excluding hydrogens is 254 g/mol. The standard InChI is InChI=1S/C12H15NO2S2/c13-10(12(14)15)7-16-5-8-6-17-11-4-2-1-3-9(8)11/h1-4,8,10H,5-7,13H2,(H,14,15)/t8?,10-/m0/s1. The molecule has 17 heavy (non-hydrogen) atoms. The zero-order valence-corrected chi connectivity index (χ0v) is 11.0. The molecule has 0 aromatic heterocycles. The fourth-order valence-electron chi connectivity index (χ4n) is 1.78. The second-order valence-electron chi connectivity index (χ2n) is 4.03. The third-order valence-electron chi connectivity index (χ3n) is 2.73. The fraction of sp³-hybridized carbons (Fsp3) is 0.417. The average Bonchev–Trinajstić information content (AvgIpc) is 2.72. The molecule has 5 heteroatoms. The Morgan fingerprint density at radius 2 is 2.35 bits per heavy atom. The van der Waals surface area contributed by atoms with Crippen molar-refractivity contribution in [3.8, 4) is 0 Å². The Labute approximate surface area is 109 Å². The van der Waals surface area contributed by atoms with E-state index in [4.69, 9.17) is 10.8 Å². The van der Waals surface area contributed by atoms with Crippen LogP contribution in [-0.4, -0.2) is 34.4 Å². The first-order valence-corrected chi connectivity index (χ1v) is 7.60. The maximum Gasteiger partial charge on any atom is 0.321 e. The summed E-state index contributed by atoms with van der Waals surface area (Å²) in [7, 11) is 0. The van der Waals surface area contributed by atoms with Crippen molar-refractivity contribution in [1.29, 1.82) is 0 Å².